The van der Waals surface area contributed by atoms with E-state index in [1.54, 1.807) is 0 Å². The van der Waals surface area contributed by atoms with E-state index in [2.05, 4.69) is 27.2 Å². The Hall–Kier alpha value is -1.35. The maximum absolute atomic E-state index is 5.95. The molecule has 1 aromatic carbocycles. The molecule has 3 rings (SSSR count). The van der Waals surface area contributed by atoms with Gasteiger partial charge in [-0.3, -0.25) is 0 Å². The number of anilines is 1. The second kappa shape index (κ2) is 5.74. The van der Waals surface area contributed by atoms with Crippen molar-refractivity contribution in [3.8, 4) is 0 Å². The highest BCUT2D eigenvalue weighted by atomic mass is 35.5. The molecule has 0 N–H and O–H groups in total. The monoisotopic (exact) mass is 275 g/mol. The van der Waals surface area contributed by atoms with Gasteiger partial charge in [0.25, 0.3) is 0 Å². The number of fused-ring (bicyclic) bond motifs is 1. The van der Waals surface area contributed by atoms with Crippen LogP contribution in [0.3, 0.4) is 0 Å². The van der Waals surface area contributed by atoms with Gasteiger partial charge in [0, 0.05) is 23.9 Å². The Balaban J connectivity index is 2.02. The number of piperidine rings is 1. The minimum Gasteiger partial charge on any atom is -0.367 e. The Morgan fingerprint density at radius 3 is 3.05 bits per heavy atom. The van der Waals surface area contributed by atoms with Crippen LogP contribution in [0.15, 0.2) is 30.5 Å². The van der Waals surface area contributed by atoms with Crippen molar-refractivity contribution >= 4 is 28.2 Å². The summed E-state index contributed by atoms with van der Waals surface area (Å²) in [4.78, 5) is 2.48. The number of nitrogens with zero attached hydrogens (tertiary/aromatic N) is 3. The molecule has 4 heteroatoms. The minimum atomic E-state index is 0.541. The van der Waals surface area contributed by atoms with Crippen molar-refractivity contribution in [1.82, 2.24) is 10.2 Å². The molecule has 100 valence electrons. The molecule has 0 radical (unpaired) electrons. The van der Waals surface area contributed by atoms with E-state index in [-0.39, 0.29) is 0 Å². The molecule has 1 aliphatic rings. The zero-order valence-corrected chi connectivity index (χ0v) is 11.7. The van der Waals surface area contributed by atoms with Crippen LogP contribution in [0.1, 0.15) is 25.7 Å². The lowest BCUT2D eigenvalue weighted by atomic mass is 9.98. The van der Waals surface area contributed by atoms with Crippen molar-refractivity contribution in [2.24, 2.45) is 0 Å². The summed E-state index contributed by atoms with van der Waals surface area (Å²) >= 11 is 5.95. The number of alkyl halides is 1. The Labute approximate surface area is 118 Å². The third-order valence-corrected chi connectivity index (χ3v) is 4.12. The molecule has 2 aromatic rings. The molecule has 1 saturated heterocycles. The number of aromatic nitrogens is 2. The van der Waals surface area contributed by atoms with Crippen molar-refractivity contribution < 1.29 is 0 Å². The van der Waals surface area contributed by atoms with E-state index < -0.39 is 0 Å². The quantitative estimate of drug-likeness (QED) is 0.801. The predicted molar refractivity (Wildman–Crippen MR) is 79.9 cm³/mol. The Morgan fingerprint density at radius 1 is 1.26 bits per heavy atom. The summed E-state index contributed by atoms with van der Waals surface area (Å²) in [6, 6.07) is 8.76. The maximum atomic E-state index is 5.95. The van der Waals surface area contributed by atoms with Crippen LogP contribution in [-0.4, -0.2) is 28.7 Å². The summed E-state index contributed by atoms with van der Waals surface area (Å²) in [5.41, 5.74) is 2.18. The topological polar surface area (TPSA) is 29.0 Å². The molecule has 3 nitrogen and oxygen atoms in total. The number of hydrogen-bond acceptors (Lipinski definition) is 3. The molecule has 1 unspecified atom stereocenters. The summed E-state index contributed by atoms with van der Waals surface area (Å²) in [5, 5.41) is 9.56. The standard InChI is InChI=1S/C15H18ClN3/c16-9-8-12-5-3-4-10-19(12)15-11-17-18-14-7-2-1-6-13(14)15/h1-2,6-7,11-12H,3-5,8-10H2. The molecule has 0 bridgehead atoms. The van der Waals surface area contributed by atoms with E-state index in [0.29, 0.717) is 6.04 Å². The highest BCUT2D eigenvalue weighted by molar-refractivity contribution is 6.17. The van der Waals surface area contributed by atoms with E-state index in [0.717, 1.165) is 24.4 Å². The summed E-state index contributed by atoms with van der Waals surface area (Å²) in [6.45, 7) is 1.09. The molecule has 1 aliphatic heterocycles. The second-order valence-corrected chi connectivity index (χ2v) is 5.45. The number of rotatable bonds is 3. The molecule has 1 aromatic heterocycles. The van der Waals surface area contributed by atoms with Gasteiger partial charge < -0.3 is 4.90 Å². The third kappa shape index (κ3) is 2.52. The van der Waals surface area contributed by atoms with Gasteiger partial charge in [-0.1, -0.05) is 18.2 Å². The van der Waals surface area contributed by atoms with Crippen molar-refractivity contribution in [2.75, 3.05) is 17.3 Å². The molecular formula is C15H18ClN3. The molecular weight excluding hydrogens is 258 g/mol. The summed E-state index contributed by atoms with van der Waals surface area (Å²) < 4.78 is 0. The smallest absolute Gasteiger partial charge is 0.0950 e. The number of hydrogen-bond donors (Lipinski definition) is 0. The van der Waals surface area contributed by atoms with Gasteiger partial charge in [0.2, 0.25) is 0 Å². The molecule has 19 heavy (non-hydrogen) atoms. The van der Waals surface area contributed by atoms with Crippen molar-refractivity contribution in [3.63, 3.8) is 0 Å². The van der Waals surface area contributed by atoms with E-state index >= 15 is 0 Å². The zero-order valence-electron chi connectivity index (χ0n) is 10.9. The van der Waals surface area contributed by atoms with Crippen LogP contribution in [0.4, 0.5) is 5.69 Å². The zero-order chi connectivity index (χ0) is 13.1. The Bertz CT molecular complexity index is 551. The molecule has 0 spiro atoms. The van der Waals surface area contributed by atoms with Crippen LogP contribution < -0.4 is 4.90 Å². The van der Waals surface area contributed by atoms with Gasteiger partial charge in [0.1, 0.15) is 0 Å². The first-order valence-electron chi connectivity index (χ1n) is 6.93. The van der Waals surface area contributed by atoms with Crippen molar-refractivity contribution in [1.29, 1.82) is 0 Å². The Morgan fingerprint density at radius 2 is 2.16 bits per heavy atom. The fourth-order valence-corrected chi connectivity index (χ4v) is 3.22. The normalized spacial score (nSPS) is 19.8. The largest absolute Gasteiger partial charge is 0.367 e. The fourth-order valence-electron chi connectivity index (χ4n) is 2.97. The average Bonchev–Trinajstić information content (AvgIpc) is 2.48. The first-order valence-corrected chi connectivity index (χ1v) is 7.46. The minimum absolute atomic E-state index is 0.541. The molecule has 2 heterocycles. The average molecular weight is 276 g/mol. The molecule has 1 atom stereocenters. The lowest BCUT2D eigenvalue weighted by Gasteiger charge is -2.37. The summed E-state index contributed by atoms with van der Waals surface area (Å²) in [5.74, 6) is 0.720. The SMILES string of the molecule is ClCCC1CCCCN1c1cnnc2ccccc12. The first-order chi connectivity index (χ1) is 9.40. The highest BCUT2D eigenvalue weighted by Gasteiger charge is 2.23. The highest BCUT2D eigenvalue weighted by Crippen LogP contribution is 2.31. The van der Waals surface area contributed by atoms with Gasteiger partial charge in [-0.05, 0) is 31.7 Å². The van der Waals surface area contributed by atoms with Crippen LogP contribution in [0.5, 0.6) is 0 Å². The van der Waals surface area contributed by atoms with Gasteiger partial charge in [0.05, 0.1) is 17.4 Å². The lowest BCUT2D eigenvalue weighted by molar-refractivity contribution is 0.452. The van der Waals surface area contributed by atoms with Gasteiger partial charge >= 0.3 is 0 Å². The summed E-state index contributed by atoms with van der Waals surface area (Å²) in [6.07, 6.45) is 6.71. The predicted octanol–water partition coefficient (Wildman–Crippen LogP) is 3.62. The fraction of sp³-hybridized carbons (Fsp3) is 0.467. The van der Waals surface area contributed by atoms with Crippen LogP contribution >= 0.6 is 11.6 Å². The van der Waals surface area contributed by atoms with Crippen LogP contribution in [0.2, 0.25) is 0 Å². The van der Waals surface area contributed by atoms with E-state index in [1.165, 1.54) is 30.3 Å². The summed E-state index contributed by atoms with van der Waals surface area (Å²) in [7, 11) is 0. The maximum Gasteiger partial charge on any atom is 0.0950 e. The van der Waals surface area contributed by atoms with Gasteiger partial charge in [-0.2, -0.15) is 10.2 Å². The Kier molecular flexibility index (Phi) is 3.83. The second-order valence-electron chi connectivity index (χ2n) is 5.07. The van der Waals surface area contributed by atoms with E-state index in [4.69, 9.17) is 11.6 Å². The van der Waals surface area contributed by atoms with Gasteiger partial charge in [-0.15, -0.1) is 11.6 Å². The lowest BCUT2D eigenvalue weighted by Crippen LogP contribution is -2.40. The van der Waals surface area contributed by atoms with Crippen LogP contribution in [0, 0.1) is 0 Å². The number of halogens is 1. The number of benzene rings is 1. The molecule has 0 aliphatic carbocycles. The van der Waals surface area contributed by atoms with E-state index in [1.807, 2.05) is 18.3 Å². The van der Waals surface area contributed by atoms with Crippen LogP contribution in [-0.2, 0) is 0 Å². The van der Waals surface area contributed by atoms with Crippen molar-refractivity contribution in [3.05, 3.63) is 30.5 Å². The van der Waals surface area contributed by atoms with Crippen molar-refractivity contribution in [2.45, 2.75) is 31.7 Å². The van der Waals surface area contributed by atoms with E-state index in [9.17, 15) is 0 Å². The van der Waals surface area contributed by atoms with Crippen LogP contribution in [0.25, 0.3) is 10.9 Å². The van der Waals surface area contributed by atoms with Gasteiger partial charge in [0.15, 0.2) is 0 Å². The molecule has 0 amide bonds. The third-order valence-electron chi connectivity index (χ3n) is 3.90. The first kappa shape index (κ1) is 12.7. The molecule has 0 saturated carbocycles. The molecule has 1 fully saturated rings. The van der Waals surface area contributed by atoms with Gasteiger partial charge in [-0.25, -0.2) is 0 Å².